The summed E-state index contributed by atoms with van der Waals surface area (Å²) in [5.41, 5.74) is 14.2. The molecule has 2 heterocycles. The van der Waals surface area contributed by atoms with Gasteiger partial charge in [-0.3, -0.25) is 0 Å². The zero-order valence-corrected chi connectivity index (χ0v) is 32.8. The number of anilines is 3. The topological polar surface area (TPSA) is 8.17 Å². The van der Waals surface area contributed by atoms with Crippen molar-refractivity contribution in [1.82, 2.24) is 4.57 Å². The fraction of sp³-hybridized carbons (Fsp3) is 0. The third-order valence-electron chi connectivity index (χ3n) is 11.2. The molecule has 11 rings (SSSR count). The molecule has 0 aliphatic carbocycles. The van der Waals surface area contributed by atoms with Crippen LogP contribution in [-0.2, 0) is 0 Å². The number of rotatable bonds is 7. The van der Waals surface area contributed by atoms with Gasteiger partial charge in [-0.1, -0.05) is 66.7 Å². The van der Waals surface area contributed by atoms with Crippen molar-refractivity contribution < 1.29 is 0 Å². The van der Waals surface area contributed by atoms with Crippen LogP contribution in [0.5, 0.6) is 0 Å². The Balaban J connectivity index is 1.00. The van der Waals surface area contributed by atoms with Crippen LogP contribution in [0.15, 0.2) is 218 Å². The van der Waals surface area contributed by atoms with E-state index >= 15 is 0 Å². The van der Waals surface area contributed by atoms with Crippen molar-refractivity contribution in [1.29, 1.82) is 0 Å². The van der Waals surface area contributed by atoms with Crippen molar-refractivity contribution in [3.8, 4) is 39.1 Å². The van der Waals surface area contributed by atoms with Crippen LogP contribution in [-0.4, -0.2) is 19.1 Å². The van der Waals surface area contributed by atoms with Gasteiger partial charge in [0.15, 0.2) is 0 Å². The van der Waals surface area contributed by atoms with E-state index in [0.717, 1.165) is 22.7 Å². The molecule has 0 unspecified atom stereocenters. The number of benzene rings is 9. The predicted molar refractivity (Wildman–Crippen MR) is 244 cm³/mol. The fourth-order valence-corrected chi connectivity index (χ4v) is 10.9. The number of hydrogen-bond donors (Lipinski definition) is 0. The van der Waals surface area contributed by atoms with E-state index in [9.17, 15) is 0 Å². The molecule has 0 N–H and O–H groups in total. The summed E-state index contributed by atoms with van der Waals surface area (Å²) in [6, 6.07) is 79.7. The minimum absolute atomic E-state index is 0.331. The van der Waals surface area contributed by atoms with Crippen LogP contribution in [0.1, 0.15) is 0 Å². The Kier molecular flexibility index (Phi) is 8.21. The Hall–Kier alpha value is -6.90. The molecule has 0 saturated heterocycles. The van der Waals surface area contributed by atoms with Gasteiger partial charge in [0.25, 0.3) is 0 Å². The minimum atomic E-state index is 0.331. The Morgan fingerprint density at radius 2 is 0.860 bits per heavy atom. The average molecular weight is 792 g/mol. The summed E-state index contributed by atoms with van der Waals surface area (Å²) in [7, 11) is 0. The quantitative estimate of drug-likeness (QED) is 0.146. The molecule has 2 nitrogen and oxygen atoms in total. The van der Waals surface area contributed by atoms with Gasteiger partial charge in [0, 0.05) is 16.5 Å². The predicted octanol–water partition coefficient (Wildman–Crippen LogP) is 14.6. The van der Waals surface area contributed by atoms with Crippen molar-refractivity contribution >= 4 is 72.7 Å². The van der Waals surface area contributed by atoms with E-state index in [1.807, 2.05) is 0 Å². The number of aromatic nitrogens is 1. The van der Waals surface area contributed by atoms with Crippen LogP contribution in [0.4, 0.5) is 17.1 Å². The zero-order valence-electron chi connectivity index (χ0n) is 31.1. The molecule has 0 atom stereocenters. The Morgan fingerprint density at radius 3 is 1.60 bits per heavy atom. The van der Waals surface area contributed by atoms with Crippen LogP contribution >= 0.6 is 0 Å². The smallest absolute Gasteiger partial charge is 0.0616 e. The molecule has 0 fully saturated rings. The van der Waals surface area contributed by atoms with Crippen molar-refractivity contribution in [2.75, 3.05) is 4.90 Å². The van der Waals surface area contributed by atoms with Crippen LogP contribution in [0, 0.1) is 0 Å². The Labute approximate surface area is 337 Å². The standard InChI is InChI=1S/C54H36N2Se/c1-3-13-39(14-4-1)45-17-7-10-20-50(45)55(44-31-25-38(26-32-44)41-28-34-49-48-19-9-12-22-53(48)57-54(49)36-41)43-29-23-37(24-30-43)40-27-33-47-46-18-8-11-21-51(46)56(52(47)35-40)42-15-5-2-6-16-42/h1-36H. The first-order valence-electron chi connectivity index (χ1n) is 19.4. The molecule has 0 aliphatic rings. The Bertz CT molecular complexity index is 3210. The van der Waals surface area contributed by atoms with E-state index in [2.05, 4.69) is 228 Å². The number of fused-ring (bicyclic) bond motifs is 6. The van der Waals surface area contributed by atoms with E-state index < -0.39 is 0 Å². The summed E-state index contributed by atoms with van der Waals surface area (Å²) in [6.45, 7) is 0. The summed E-state index contributed by atoms with van der Waals surface area (Å²) >= 11 is 0.331. The third kappa shape index (κ3) is 5.88. The van der Waals surface area contributed by atoms with Gasteiger partial charge in [-0.2, -0.15) is 0 Å². The first kappa shape index (κ1) is 33.4. The monoisotopic (exact) mass is 792 g/mol. The molecular weight excluding hydrogens is 756 g/mol. The van der Waals surface area contributed by atoms with Crippen molar-refractivity contribution in [2.45, 2.75) is 0 Å². The average Bonchev–Trinajstić information content (AvgIpc) is 3.83. The second-order valence-corrected chi connectivity index (χ2v) is 16.8. The molecule has 0 aliphatic heterocycles. The molecule has 0 bridgehead atoms. The van der Waals surface area contributed by atoms with Gasteiger partial charge in [-0.15, -0.1) is 0 Å². The molecule has 57 heavy (non-hydrogen) atoms. The van der Waals surface area contributed by atoms with E-state index in [-0.39, 0.29) is 0 Å². The molecule has 0 saturated carbocycles. The van der Waals surface area contributed by atoms with Crippen LogP contribution < -0.4 is 4.90 Å². The van der Waals surface area contributed by atoms with Gasteiger partial charge in [-0.05, 0) is 29.8 Å². The summed E-state index contributed by atoms with van der Waals surface area (Å²) in [5, 5.41) is 5.30. The molecule has 3 heteroatoms. The zero-order chi connectivity index (χ0) is 37.7. The minimum Gasteiger partial charge on any atom is -0.0616 e. The first-order chi connectivity index (χ1) is 28.3. The van der Waals surface area contributed by atoms with Crippen molar-refractivity contribution in [2.24, 2.45) is 0 Å². The van der Waals surface area contributed by atoms with E-state index in [1.165, 1.54) is 74.5 Å². The molecule has 0 radical (unpaired) electrons. The SMILES string of the molecule is c1ccc(-c2ccccc2N(c2ccc(-c3ccc4c(c3)[se]c3ccccc34)cc2)c2ccc(-c3ccc4c5ccccc5n(-c5ccccc5)c4c3)cc2)cc1. The second kappa shape index (κ2) is 14.0. The number of nitrogens with zero attached hydrogens (tertiary/aromatic N) is 2. The van der Waals surface area contributed by atoms with E-state index in [0.29, 0.717) is 14.5 Å². The van der Waals surface area contributed by atoms with Gasteiger partial charge < -0.3 is 4.57 Å². The van der Waals surface area contributed by atoms with Gasteiger partial charge in [0.2, 0.25) is 0 Å². The molecule has 0 amide bonds. The molecule has 0 spiro atoms. The number of hydrogen-bond acceptors (Lipinski definition) is 1. The van der Waals surface area contributed by atoms with Crippen molar-refractivity contribution in [3.63, 3.8) is 0 Å². The third-order valence-corrected chi connectivity index (χ3v) is 13.6. The normalized spacial score (nSPS) is 11.5. The van der Waals surface area contributed by atoms with Crippen molar-refractivity contribution in [3.05, 3.63) is 218 Å². The molecule has 268 valence electrons. The Morgan fingerprint density at radius 1 is 0.333 bits per heavy atom. The molecular formula is C54H36N2Se. The molecule has 2 aromatic heterocycles. The maximum atomic E-state index is 2.41. The van der Waals surface area contributed by atoms with Crippen LogP contribution in [0.2, 0.25) is 0 Å². The van der Waals surface area contributed by atoms with Gasteiger partial charge in [-0.25, -0.2) is 0 Å². The molecule has 9 aromatic carbocycles. The van der Waals surface area contributed by atoms with Gasteiger partial charge in [0.1, 0.15) is 0 Å². The second-order valence-electron chi connectivity index (χ2n) is 14.5. The van der Waals surface area contributed by atoms with Crippen LogP contribution in [0.25, 0.3) is 80.2 Å². The van der Waals surface area contributed by atoms with Gasteiger partial charge in [0.05, 0.1) is 11.0 Å². The van der Waals surface area contributed by atoms with E-state index in [1.54, 1.807) is 0 Å². The van der Waals surface area contributed by atoms with Gasteiger partial charge >= 0.3 is 211 Å². The summed E-state index contributed by atoms with van der Waals surface area (Å²) in [5.74, 6) is 0. The maximum absolute atomic E-state index is 2.41. The summed E-state index contributed by atoms with van der Waals surface area (Å²) in [4.78, 5) is 2.40. The summed E-state index contributed by atoms with van der Waals surface area (Å²) < 4.78 is 5.32. The first-order valence-corrected chi connectivity index (χ1v) is 21.1. The van der Waals surface area contributed by atoms with E-state index in [4.69, 9.17) is 0 Å². The van der Waals surface area contributed by atoms with Crippen LogP contribution in [0.3, 0.4) is 0 Å². The molecule has 11 aromatic rings. The fourth-order valence-electron chi connectivity index (χ4n) is 8.47. The number of para-hydroxylation sites is 3. The summed E-state index contributed by atoms with van der Waals surface area (Å²) in [6.07, 6.45) is 0.